The largest absolute Gasteiger partial charge is 0.497 e. The molecule has 1 aromatic heterocycles. The van der Waals surface area contributed by atoms with E-state index in [2.05, 4.69) is 6.07 Å². The van der Waals surface area contributed by atoms with E-state index in [0.717, 1.165) is 36.3 Å². The second kappa shape index (κ2) is 11.3. The van der Waals surface area contributed by atoms with Gasteiger partial charge in [-0.3, -0.25) is 9.59 Å². The molecule has 1 atom stereocenters. The van der Waals surface area contributed by atoms with E-state index in [1.54, 1.807) is 31.0 Å². The number of methoxy groups -OCH3 is 1. The molecule has 2 amide bonds. The molecule has 2 heterocycles. The van der Waals surface area contributed by atoms with E-state index in [9.17, 15) is 9.59 Å². The molecule has 2 aromatic rings. The highest BCUT2D eigenvalue weighted by Crippen LogP contribution is 2.28. The van der Waals surface area contributed by atoms with Crippen LogP contribution in [-0.4, -0.2) is 66.9 Å². The number of hydrogen-bond donors (Lipinski definition) is 0. The zero-order valence-electron chi connectivity index (χ0n) is 18.6. The van der Waals surface area contributed by atoms with Crippen LogP contribution in [0.2, 0.25) is 0 Å². The fraction of sp³-hybridized carbons (Fsp3) is 0.500. The SMILES string of the molecule is COc1cccc(CC(C2CCN(C(=O)c3ccco3)CC2)N(C)C(=O)CCSC)c1. The van der Waals surface area contributed by atoms with Crippen molar-refractivity contribution in [3.63, 3.8) is 0 Å². The van der Waals surface area contributed by atoms with E-state index in [1.807, 2.05) is 41.3 Å². The Hall–Kier alpha value is -2.41. The summed E-state index contributed by atoms with van der Waals surface area (Å²) >= 11 is 1.69. The summed E-state index contributed by atoms with van der Waals surface area (Å²) in [7, 11) is 3.59. The van der Waals surface area contributed by atoms with Crippen molar-refractivity contribution in [2.24, 2.45) is 5.92 Å². The summed E-state index contributed by atoms with van der Waals surface area (Å²) in [6.07, 6.45) is 6.59. The van der Waals surface area contributed by atoms with E-state index < -0.39 is 0 Å². The number of nitrogens with zero attached hydrogens (tertiary/aromatic N) is 2. The number of likely N-dealkylation sites (tertiary alicyclic amines) is 1. The lowest BCUT2D eigenvalue weighted by Gasteiger charge is -2.40. The van der Waals surface area contributed by atoms with Crippen LogP contribution in [0.3, 0.4) is 0 Å². The van der Waals surface area contributed by atoms with Gasteiger partial charge in [0.25, 0.3) is 5.91 Å². The van der Waals surface area contributed by atoms with Crippen LogP contribution in [0.4, 0.5) is 0 Å². The predicted molar refractivity (Wildman–Crippen MR) is 124 cm³/mol. The highest BCUT2D eigenvalue weighted by Gasteiger charge is 2.33. The molecule has 31 heavy (non-hydrogen) atoms. The van der Waals surface area contributed by atoms with Crippen molar-refractivity contribution < 1.29 is 18.7 Å². The van der Waals surface area contributed by atoms with Gasteiger partial charge in [0.1, 0.15) is 5.75 Å². The lowest BCUT2D eigenvalue weighted by atomic mass is 9.84. The molecule has 1 unspecified atom stereocenters. The molecular weight excluding hydrogens is 412 g/mol. The lowest BCUT2D eigenvalue weighted by molar-refractivity contribution is -0.132. The van der Waals surface area contributed by atoms with Crippen LogP contribution in [-0.2, 0) is 11.2 Å². The maximum Gasteiger partial charge on any atom is 0.289 e. The predicted octanol–water partition coefficient (Wildman–Crippen LogP) is 3.96. The van der Waals surface area contributed by atoms with Gasteiger partial charge < -0.3 is 19.0 Å². The minimum Gasteiger partial charge on any atom is -0.497 e. The molecule has 168 valence electrons. The van der Waals surface area contributed by atoms with Crippen LogP contribution < -0.4 is 4.74 Å². The number of benzene rings is 1. The summed E-state index contributed by atoms with van der Waals surface area (Å²) in [6, 6.07) is 11.6. The van der Waals surface area contributed by atoms with Gasteiger partial charge in [-0.05, 0) is 61.3 Å². The minimum atomic E-state index is -0.0582. The van der Waals surface area contributed by atoms with E-state index in [4.69, 9.17) is 9.15 Å². The Morgan fingerprint density at radius 3 is 2.68 bits per heavy atom. The van der Waals surface area contributed by atoms with Crippen LogP contribution in [0.15, 0.2) is 47.1 Å². The van der Waals surface area contributed by atoms with Crippen molar-refractivity contribution in [1.29, 1.82) is 0 Å². The van der Waals surface area contributed by atoms with E-state index in [-0.39, 0.29) is 17.9 Å². The summed E-state index contributed by atoms with van der Waals surface area (Å²) in [5.74, 6) is 2.48. The summed E-state index contributed by atoms with van der Waals surface area (Å²) in [5, 5.41) is 0. The zero-order chi connectivity index (χ0) is 22.2. The first-order valence-corrected chi connectivity index (χ1v) is 12.1. The van der Waals surface area contributed by atoms with E-state index >= 15 is 0 Å². The summed E-state index contributed by atoms with van der Waals surface area (Å²) in [4.78, 5) is 29.2. The topological polar surface area (TPSA) is 63.0 Å². The van der Waals surface area contributed by atoms with E-state index in [1.165, 1.54) is 6.26 Å². The van der Waals surface area contributed by atoms with E-state index in [0.29, 0.717) is 31.2 Å². The third-order valence-corrected chi connectivity index (χ3v) is 6.71. The first-order valence-electron chi connectivity index (χ1n) is 10.7. The summed E-state index contributed by atoms with van der Waals surface area (Å²) in [5.41, 5.74) is 1.16. The van der Waals surface area contributed by atoms with Crippen molar-refractivity contribution >= 4 is 23.6 Å². The number of thioether (sulfide) groups is 1. The molecule has 0 bridgehead atoms. The van der Waals surface area contributed by atoms with Gasteiger partial charge in [-0.2, -0.15) is 11.8 Å². The minimum absolute atomic E-state index is 0.0582. The van der Waals surface area contributed by atoms with Crippen LogP contribution in [0.5, 0.6) is 5.75 Å². The molecule has 3 rings (SSSR count). The van der Waals surface area contributed by atoms with Gasteiger partial charge in [0.2, 0.25) is 5.91 Å². The highest BCUT2D eigenvalue weighted by molar-refractivity contribution is 7.98. The molecule has 0 radical (unpaired) electrons. The number of hydrogen-bond acceptors (Lipinski definition) is 5. The standard InChI is InChI=1S/C24H32N2O4S/c1-25(23(27)11-15-31-3)21(17-18-6-4-7-20(16-18)29-2)19-9-12-26(13-10-19)24(28)22-8-5-14-30-22/h4-8,14,16,19,21H,9-13,15,17H2,1-3H3. The van der Waals surface area contributed by atoms with Gasteiger partial charge in [0, 0.05) is 38.4 Å². The molecule has 1 aromatic carbocycles. The van der Waals surface area contributed by atoms with Gasteiger partial charge in [0.05, 0.1) is 13.4 Å². The monoisotopic (exact) mass is 444 g/mol. The third-order valence-electron chi connectivity index (χ3n) is 6.09. The average Bonchev–Trinajstić information content (AvgIpc) is 3.35. The fourth-order valence-corrected chi connectivity index (χ4v) is 4.63. The van der Waals surface area contributed by atoms with Crippen LogP contribution in [0.1, 0.15) is 35.4 Å². The first kappa shape index (κ1) is 23.3. The second-order valence-corrected chi connectivity index (χ2v) is 8.96. The van der Waals surface area contributed by atoms with Crippen molar-refractivity contribution in [2.45, 2.75) is 31.7 Å². The van der Waals surface area contributed by atoms with Crippen molar-refractivity contribution in [3.05, 3.63) is 54.0 Å². The summed E-state index contributed by atoms with van der Waals surface area (Å²) in [6.45, 7) is 1.34. The number of rotatable bonds is 9. The molecule has 1 saturated heterocycles. The Bertz CT molecular complexity index is 847. The molecule has 1 aliphatic heterocycles. The lowest BCUT2D eigenvalue weighted by Crippen LogP contribution is -2.48. The maximum absolute atomic E-state index is 12.8. The normalized spacial score (nSPS) is 15.5. The van der Waals surface area contributed by atoms with Gasteiger partial charge in [-0.1, -0.05) is 12.1 Å². The molecular formula is C24H32N2O4S. The fourth-order valence-electron chi connectivity index (χ4n) is 4.25. The average molecular weight is 445 g/mol. The van der Waals surface area contributed by atoms with Crippen LogP contribution >= 0.6 is 11.8 Å². The molecule has 1 aliphatic rings. The Morgan fingerprint density at radius 1 is 1.26 bits per heavy atom. The smallest absolute Gasteiger partial charge is 0.289 e. The number of ether oxygens (including phenoxy) is 1. The number of furan rings is 1. The number of carbonyl (C=O) groups is 2. The maximum atomic E-state index is 12.8. The molecule has 0 N–H and O–H groups in total. The van der Waals surface area contributed by atoms with Crippen LogP contribution in [0.25, 0.3) is 0 Å². The quantitative estimate of drug-likeness (QED) is 0.586. The Kier molecular flexibility index (Phi) is 8.46. The molecule has 6 nitrogen and oxygen atoms in total. The van der Waals surface area contributed by atoms with Crippen molar-refractivity contribution in [3.8, 4) is 5.75 Å². The molecule has 1 fully saturated rings. The Balaban J connectivity index is 1.71. The Morgan fingerprint density at radius 2 is 2.03 bits per heavy atom. The Labute approximate surface area is 188 Å². The molecule has 0 spiro atoms. The molecule has 0 aliphatic carbocycles. The number of carbonyl (C=O) groups excluding carboxylic acids is 2. The molecule has 7 heteroatoms. The second-order valence-electron chi connectivity index (χ2n) is 7.98. The highest BCUT2D eigenvalue weighted by atomic mass is 32.2. The summed E-state index contributed by atoms with van der Waals surface area (Å²) < 4.78 is 10.7. The molecule has 0 saturated carbocycles. The number of piperidine rings is 1. The van der Waals surface area contributed by atoms with Gasteiger partial charge in [-0.15, -0.1) is 0 Å². The zero-order valence-corrected chi connectivity index (χ0v) is 19.4. The third kappa shape index (κ3) is 6.06. The number of amides is 2. The van der Waals surface area contributed by atoms with Gasteiger partial charge in [0.15, 0.2) is 5.76 Å². The van der Waals surface area contributed by atoms with Crippen LogP contribution in [0, 0.1) is 5.92 Å². The van der Waals surface area contributed by atoms with Gasteiger partial charge >= 0.3 is 0 Å². The van der Waals surface area contributed by atoms with Crippen molar-refractivity contribution in [2.75, 3.05) is 39.3 Å². The van der Waals surface area contributed by atoms with Gasteiger partial charge in [-0.25, -0.2) is 0 Å². The first-order chi connectivity index (χ1) is 15.0. The number of likely N-dealkylation sites (N-methyl/N-ethyl adjacent to an activating group) is 1. The van der Waals surface area contributed by atoms with Crippen molar-refractivity contribution in [1.82, 2.24) is 9.80 Å².